The van der Waals surface area contributed by atoms with E-state index in [0.717, 1.165) is 12.8 Å². The summed E-state index contributed by atoms with van der Waals surface area (Å²) in [4.78, 5) is 67.9. The summed E-state index contributed by atoms with van der Waals surface area (Å²) < 4.78 is 47.6. The predicted molar refractivity (Wildman–Crippen MR) is 226 cm³/mol. The molecule has 61 heavy (non-hydrogen) atoms. The molecule has 5 fully saturated rings. The summed E-state index contributed by atoms with van der Waals surface area (Å²) in [5.41, 5.74) is -3.18. The van der Waals surface area contributed by atoms with Gasteiger partial charge >= 0.3 is 31.3 Å². The molecule has 1 N–H and O–H groups in total. The summed E-state index contributed by atoms with van der Waals surface area (Å²) in [6, 6.07) is 2.26. The number of benzene rings is 1. The van der Waals surface area contributed by atoms with Crippen LogP contribution in [0.15, 0.2) is 12.1 Å². The molecule has 1 aromatic rings. The fraction of sp³-hybridized carbons (Fsp3) is 0.756. The molecule has 2 amide bonds. The van der Waals surface area contributed by atoms with Gasteiger partial charge in [0.05, 0.1) is 24.8 Å². The van der Waals surface area contributed by atoms with Gasteiger partial charge in [-0.05, 0) is 151 Å². The van der Waals surface area contributed by atoms with E-state index in [1.165, 1.54) is 0 Å². The SMILES string of the molecule is CC(C)(C)OC(=O)N[C@@H](CCC(=O)N1CC(Oc2ccc(CCB3O[C@@H]4C[C@@H]5C[C@@H](C5(C)C)[C@]4(C)O3)c(OC(=O)OC(C)(C)C)c2C(=O)OC(C)(C)C)C1)C(=O)OC(C)(C)C. The van der Waals surface area contributed by atoms with Crippen molar-refractivity contribution in [2.45, 2.75) is 189 Å². The third-order valence-electron chi connectivity index (χ3n) is 11.6. The summed E-state index contributed by atoms with van der Waals surface area (Å²) in [7, 11) is -0.494. The standard InChI is InChI=1S/C45H69BN2O13/c1-40(2,3)56-36(50)29(47-38(52)58-42(7,8)9)17-19-33(49)48-24-28(25-48)54-30-18-16-26(20-21-46-60-32-23-27-22-31(44(27,13)14)45(32,15)61-46)35(55-39(53)59-43(10,11)12)34(30)37(51)57-41(4,5)6/h16,18,27-29,31-32H,17,19-25H2,1-15H3,(H,47,52)/t27-,29-,31-,32+,45-/m0/s1. The van der Waals surface area contributed by atoms with Gasteiger partial charge < -0.3 is 47.9 Å². The molecule has 0 aromatic heterocycles. The molecule has 3 aliphatic carbocycles. The molecule has 2 bridgehead atoms. The van der Waals surface area contributed by atoms with E-state index in [9.17, 15) is 24.0 Å². The van der Waals surface area contributed by atoms with Gasteiger partial charge in [0, 0.05) is 6.42 Å². The van der Waals surface area contributed by atoms with Crippen LogP contribution in [-0.4, -0.2) is 101 Å². The molecular weight excluding hydrogens is 787 g/mol. The second-order valence-electron chi connectivity index (χ2n) is 21.7. The van der Waals surface area contributed by atoms with Gasteiger partial charge in [-0.3, -0.25) is 4.79 Å². The Morgan fingerprint density at radius 2 is 1.44 bits per heavy atom. The highest BCUT2D eigenvalue weighted by Crippen LogP contribution is 2.65. The summed E-state index contributed by atoms with van der Waals surface area (Å²) in [5, 5.41) is 2.55. The van der Waals surface area contributed by atoms with E-state index in [2.05, 4.69) is 26.1 Å². The molecule has 3 saturated carbocycles. The number of nitrogens with zero attached hydrogens (tertiary/aromatic N) is 1. The van der Waals surface area contributed by atoms with Crippen LogP contribution < -0.4 is 14.8 Å². The first-order chi connectivity index (χ1) is 27.8. The highest BCUT2D eigenvalue weighted by molar-refractivity contribution is 6.45. The topological polar surface area (TPSA) is 174 Å². The van der Waals surface area contributed by atoms with E-state index >= 15 is 0 Å². The maximum Gasteiger partial charge on any atom is 0.514 e. The predicted octanol–water partition coefficient (Wildman–Crippen LogP) is 7.83. The van der Waals surface area contributed by atoms with Gasteiger partial charge in [0.25, 0.3) is 0 Å². The summed E-state index contributed by atoms with van der Waals surface area (Å²) in [6.07, 6.45) is 0.383. The number of likely N-dealkylation sites (tertiary alicyclic amines) is 1. The van der Waals surface area contributed by atoms with Crippen LogP contribution >= 0.6 is 0 Å². The third-order valence-corrected chi connectivity index (χ3v) is 11.6. The van der Waals surface area contributed by atoms with Crippen LogP contribution in [0, 0.1) is 17.3 Å². The van der Waals surface area contributed by atoms with E-state index in [1.807, 2.05) is 0 Å². The summed E-state index contributed by atoms with van der Waals surface area (Å²) in [6.45, 7) is 27.7. The highest BCUT2D eigenvalue weighted by Gasteiger charge is 2.67. The smallest absolute Gasteiger partial charge is 0.486 e. The van der Waals surface area contributed by atoms with Crippen molar-refractivity contribution >= 4 is 37.2 Å². The Morgan fingerprint density at radius 1 is 0.836 bits per heavy atom. The molecule has 2 heterocycles. The Morgan fingerprint density at radius 3 is 2.02 bits per heavy atom. The minimum absolute atomic E-state index is 0.00548. The highest BCUT2D eigenvalue weighted by atomic mass is 16.7. The average Bonchev–Trinajstić information content (AvgIpc) is 3.40. The number of carbonyl (C=O) groups is 5. The van der Waals surface area contributed by atoms with Crippen LogP contribution in [0.5, 0.6) is 11.5 Å². The molecule has 0 spiro atoms. The lowest BCUT2D eigenvalue weighted by Crippen LogP contribution is -2.65. The molecule has 16 heteroatoms. The first-order valence-electron chi connectivity index (χ1n) is 21.6. The van der Waals surface area contributed by atoms with Gasteiger partial charge in [-0.25, -0.2) is 19.2 Å². The Balaban J connectivity index is 1.32. The number of alkyl carbamates (subject to hydrolysis) is 1. The zero-order valence-corrected chi connectivity index (χ0v) is 39.0. The number of amides is 2. The second-order valence-corrected chi connectivity index (χ2v) is 21.7. The van der Waals surface area contributed by atoms with E-state index in [1.54, 1.807) is 100 Å². The van der Waals surface area contributed by atoms with Crippen LogP contribution in [0.2, 0.25) is 6.32 Å². The molecule has 5 aliphatic rings. The molecule has 6 rings (SSSR count). The van der Waals surface area contributed by atoms with Crippen molar-refractivity contribution in [3.63, 3.8) is 0 Å². The zero-order chi connectivity index (χ0) is 45.7. The monoisotopic (exact) mass is 856 g/mol. The number of hydrogen-bond donors (Lipinski definition) is 1. The van der Waals surface area contributed by atoms with Crippen molar-refractivity contribution in [2.75, 3.05) is 13.1 Å². The van der Waals surface area contributed by atoms with E-state index in [-0.39, 0.29) is 60.4 Å². The number of rotatable bonds is 12. The van der Waals surface area contributed by atoms with Gasteiger partial charge in [0.15, 0.2) is 5.75 Å². The van der Waals surface area contributed by atoms with Gasteiger partial charge in [0.2, 0.25) is 5.91 Å². The number of aryl methyl sites for hydroxylation is 1. The second kappa shape index (κ2) is 17.3. The maximum atomic E-state index is 14.1. The number of esters is 2. The molecule has 15 nitrogen and oxygen atoms in total. The van der Waals surface area contributed by atoms with Crippen LogP contribution in [-0.2, 0) is 44.3 Å². The Kier molecular flexibility index (Phi) is 13.6. The molecule has 0 unspecified atom stereocenters. The third kappa shape index (κ3) is 12.1. The van der Waals surface area contributed by atoms with Gasteiger partial charge in [-0.2, -0.15) is 0 Å². The molecular formula is C45H69BN2O13. The Hall–Kier alpha value is -4.05. The molecule has 340 valence electrons. The van der Waals surface area contributed by atoms with Gasteiger partial charge in [0.1, 0.15) is 45.9 Å². The fourth-order valence-corrected chi connectivity index (χ4v) is 8.64. The number of nitrogens with one attached hydrogen (secondary N) is 1. The quantitative estimate of drug-likeness (QED) is 0.0933. The lowest BCUT2D eigenvalue weighted by molar-refractivity contribution is -0.199. The van der Waals surface area contributed by atoms with Crippen molar-refractivity contribution in [3.05, 3.63) is 23.3 Å². The molecule has 1 aromatic carbocycles. The first kappa shape index (κ1) is 48.0. The minimum Gasteiger partial charge on any atom is -0.486 e. The molecule has 5 atom stereocenters. The van der Waals surface area contributed by atoms with Crippen LogP contribution in [0.1, 0.15) is 145 Å². The Labute approximate surface area is 362 Å². The van der Waals surface area contributed by atoms with E-state index in [0.29, 0.717) is 30.1 Å². The molecule has 2 saturated heterocycles. The van der Waals surface area contributed by atoms with Crippen molar-refractivity contribution < 1.29 is 61.7 Å². The summed E-state index contributed by atoms with van der Waals surface area (Å²) >= 11 is 0. The minimum atomic E-state index is -1.12. The first-order valence-corrected chi connectivity index (χ1v) is 21.6. The zero-order valence-electron chi connectivity index (χ0n) is 39.0. The largest absolute Gasteiger partial charge is 0.514 e. The lowest BCUT2D eigenvalue weighted by atomic mass is 9.43. The van der Waals surface area contributed by atoms with Crippen molar-refractivity contribution in [1.82, 2.24) is 10.2 Å². The van der Waals surface area contributed by atoms with E-state index < -0.39 is 71.5 Å². The number of hydrogen-bond acceptors (Lipinski definition) is 13. The van der Waals surface area contributed by atoms with Crippen LogP contribution in [0.3, 0.4) is 0 Å². The van der Waals surface area contributed by atoms with Crippen molar-refractivity contribution in [2.24, 2.45) is 17.3 Å². The van der Waals surface area contributed by atoms with Crippen LogP contribution in [0.4, 0.5) is 9.59 Å². The maximum absolute atomic E-state index is 14.1. The number of carbonyl (C=O) groups excluding carboxylic acids is 5. The van der Waals surface area contributed by atoms with Gasteiger partial charge in [-0.1, -0.05) is 19.9 Å². The van der Waals surface area contributed by atoms with Crippen molar-refractivity contribution in [3.8, 4) is 11.5 Å². The fourth-order valence-electron chi connectivity index (χ4n) is 8.64. The van der Waals surface area contributed by atoms with Crippen molar-refractivity contribution in [1.29, 1.82) is 0 Å². The molecule has 2 aliphatic heterocycles. The number of ether oxygens (including phenoxy) is 6. The normalized spacial score (nSPS) is 24.0. The molecule has 0 radical (unpaired) electrons. The summed E-state index contributed by atoms with van der Waals surface area (Å²) in [5.74, 6) is -0.687. The average molecular weight is 857 g/mol. The van der Waals surface area contributed by atoms with Crippen LogP contribution in [0.25, 0.3) is 0 Å². The van der Waals surface area contributed by atoms with E-state index in [4.69, 9.17) is 37.7 Å². The Bertz CT molecular complexity index is 1830. The lowest BCUT2D eigenvalue weighted by Gasteiger charge is -2.64. The van der Waals surface area contributed by atoms with Gasteiger partial charge in [-0.15, -0.1) is 0 Å².